The fraction of sp³-hybridized carbons (Fsp3) is 0.538. The van der Waals surface area contributed by atoms with Crippen LogP contribution in [0, 0.1) is 16.0 Å². The molecule has 1 aromatic rings. The first-order valence-electron chi connectivity index (χ1n) is 6.88. The lowest BCUT2D eigenvalue weighted by Crippen LogP contribution is -2.43. The Bertz CT molecular complexity index is 639. The zero-order valence-corrected chi connectivity index (χ0v) is 12.8. The van der Waals surface area contributed by atoms with Crippen LogP contribution >= 0.6 is 0 Å². The molecule has 1 saturated carbocycles. The summed E-state index contributed by atoms with van der Waals surface area (Å²) in [4.78, 5) is 10.2. The second-order valence-corrected chi connectivity index (χ2v) is 7.05. The van der Waals surface area contributed by atoms with E-state index in [1.165, 1.54) is 18.2 Å². The van der Waals surface area contributed by atoms with E-state index in [1.54, 1.807) is 0 Å². The predicted octanol–water partition coefficient (Wildman–Crippen LogP) is 2.10. The van der Waals surface area contributed by atoms with Crippen molar-refractivity contribution in [3.05, 3.63) is 28.3 Å². The number of nitro benzene ring substituents is 1. The highest BCUT2D eigenvalue weighted by atomic mass is 32.2. The number of nitrogens with one attached hydrogen (secondary N) is 2. The number of anilines is 1. The Morgan fingerprint density at radius 2 is 2.05 bits per heavy atom. The first-order chi connectivity index (χ1) is 9.83. The van der Waals surface area contributed by atoms with Crippen molar-refractivity contribution in [2.75, 3.05) is 11.9 Å². The van der Waals surface area contributed by atoms with E-state index in [0.29, 0.717) is 18.2 Å². The molecule has 2 N–H and O–H groups in total. The summed E-state index contributed by atoms with van der Waals surface area (Å²) in [5.41, 5.74) is 0.119. The molecule has 0 amide bonds. The molecule has 21 heavy (non-hydrogen) atoms. The van der Waals surface area contributed by atoms with Crippen LogP contribution < -0.4 is 10.0 Å². The minimum Gasteiger partial charge on any atom is -0.385 e. The zero-order chi connectivity index (χ0) is 15.6. The highest BCUT2D eigenvalue weighted by molar-refractivity contribution is 7.89. The topological polar surface area (TPSA) is 101 Å². The van der Waals surface area contributed by atoms with E-state index in [2.05, 4.69) is 10.0 Å². The maximum Gasteiger partial charge on any atom is 0.291 e. The van der Waals surface area contributed by atoms with Crippen molar-refractivity contribution < 1.29 is 13.3 Å². The molecule has 0 unspecified atom stereocenters. The van der Waals surface area contributed by atoms with E-state index < -0.39 is 20.6 Å². The van der Waals surface area contributed by atoms with Crippen molar-refractivity contribution in [1.29, 1.82) is 0 Å². The second-order valence-electron chi connectivity index (χ2n) is 5.36. The summed E-state index contributed by atoms with van der Waals surface area (Å²) >= 11 is 0. The molecule has 0 heterocycles. The smallest absolute Gasteiger partial charge is 0.291 e. The van der Waals surface area contributed by atoms with Gasteiger partial charge in [-0.3, -0.25) is 10.1 Å². The number of rotatable bonds is 6. The Morgan fingerprint density at radius 3 is 2.57 bits per heavy atom. The fourth-order valence-electron chi connectivity index (χ4n) is 2.48. The Labute approximate surface area is 123 Å². The van der Waals surface area contributed by atoms with Crippen LogP contribution in [-0.2, 0) is 10.0 Å². The summed E-state index contributed by atoms with van der Waals surface area (Å²) in [5.74, 6) is 0.490. The van der Waals surface area contributed by atoms with Gasteiger partial charge < -0.3 is 5.32 Å². The van der Waals surface area contributed by atoms with Gasteiger partial charge in [-0.05, 0) is 37.8 Å². The quantitative estimate of drug-likeness (QED) is 0.618. The molecule has 0 aliphatic heterocycles. The summed E-state index contributed by atoms with van der Waals surface area (Å²) in [7, 11) is -3.87. The minimum atomic E-state index is -3.87. The van der Waals surface area contributed by atoms with Crippen LogP contribution in [0.15, 0.2) is 23.1 Å². The molecular weight excluding hydrogens is 294 g/mol. The molecule has 116 valence electrons. The first kappa shape index (κ1) is 15.7. The SMILES string of the molecule is CCNc1ccc(S(=O)(=O)NC2CC(C)C2)c([N+](=O)[O-])c1. The normalized spacial score (nSPS) is 21.6. The summed E-state index contributed by atoms with van der Waals surface area (Å²) in [5, 5.41) is 14.1. The Balaban J connectivity index is 2.30. The van der Waals surface area contributed by atoms with Gasteiger partial charge in [0.1, 0.15) is 0 Å². The maximum absolute atomic E-state index is 12.3. The van der Waals surface area contributed by atoms with Gasteiger partial charge in [-0.15, -0.1) is 0 Å². The average Bonchev–Trinajstić information content (AvgIpc) is 2.36. The molecule has 8 heteroatoms. The van der Waals surface area contributed by atoms with Gasteiger partial charge in [0.25, 0.3) is 5.69 Å². The monoisotopic (exact) mass is 313 g/mol. The van der Waals surface area contributed by atoms with Crippen LogP contribution in [0.4, 0.5) is 11.4 Å². The molecule has 1 aromatic carbocycles. The van der Waals surface area contributed by atoms with Crippen molar-refractivity contribution in [3.63, 3.8) is 0 Å². The first-order valence-corrected chi connectivity index (χ1v) is 8.36. The van der Waals surface area contributed by atoms with E-state index in [1.807, 2.05) is 13.8 Å². The average molecular weight is 313 g/mol. The van der Waals surface area contributed by atoms with Crippen LogP contribution in [-0.4, -0.2) is 25.9 Å². The van der Waals surface area contributed by atoms with Crippen molar-refractivity contribution in [1.82, 2.24) is 4.72 Å². The molecule has 0 spiro atoms. The van der Waals surface area contributed by atoms with Gasteiger partial charge in [0.15, 0.2) is 4.90 Å². The Morgan fingerprint density at radius 1 is 1.38 bits per heavy atom. The van der Waals surface area contributed by atoms with Crippen LogP contribution in [0.2, 0.25) is 0 Å². The number of hydrogen-bond acceptors (Lipinski definition) is 5. The second kappa shape index (κ2) is 5.98. The van der Waals surface area contributed by atoms with Gasteiger partial charge in [-0.2, -0.15) is 0 Å². The van der Waals surface area contributed by atoms with Crippen LogP contribution in [0.5, 0.6) is 0 Å². The van der Waals surface area contributed by atoms with Gasteiger partial charge in [-0.1, -0.05) is 6.92 Å². The minimum absolute atomic E-state index is 0.127. The van der Waals surface area contributed by atoms with Crippen LogP contribution in [0.1, 0.15) is 26.7 Å². The molecule has 7 nitrogen and oxygen atoms in total. The third kappa shape index (κ3) is 3.51. The lowest BCUT2D eigenvalue weighted by Gasteiger charge is -2.32. The number of nitro groups is 1. The highest BCUT2D eigenvalue weighted by Crippen LogP contribution is 2.31. The lowest BCUT2D eigenvalue weighted by molar-refractivity contribution is -0.387. The molecule has 1 aliphatic carbocycles. The number of benzene rings is 1. The van der Waals surface area contributed by atoms with E-state index in [-0.39, 0.29) is 10.9 Å². The molecule has 1 fully saturated rings. The maximum atomic E-state index is 12.3. The zero-order valence-electron chi connectivity index (χ0n) is 12.0. The van der Waals surface area contributed by atoms with E-state index in [4.69, 9.17) is 0 Å². The molecule has 2 rings (SSSR count). The standard InChI is InChI=1S/C13H19N3O4S/c1-3-14-10-4-5-13(12(8-10)16(17)18)21(19,20)15-11-6-9(2)7-11/h4-5,8-9,11,14-15H,3,6-7H2,1-2H3. The molecule has 0 aromatic heterocycles. The molecule has 0 saturated heterocycles. The van der Waals surface area contributed by atoms with Gasteiger partial charge in [0, 0.05) is 24.3 Å². The van der Waals surface area contributed by atoms with Crippen molar-refractivity contribution >= 4 is 21.4 Å². The predicted molar refractivity (Wildman–Crippen MR) is 79.8 cm³/mol. The Hall–Kier alpha value is -1.67. The van der Waals surface area contributed by atoms with Crippen LogP contribution in [0.3, 0.4) is 0 Å². The molecular formula is C13H19N3O4S. The Kier molecular flexibility index (Phi) is 4.48. The van der Waals surface area contributed by atoms with Gasteiger partial charge >= 0.3 is 0 Å². The third-order valence-electron chi connectivity index (χ3n) is 3.52. The molecule has 0 atom stereocenters. The summed E-state index contributed by atoms with van der Waals surface area (Å²) in [6.07, 6.45) is 1.53. The molecule has 0 bridgehead atoms. The van der Waals surface area contributed by atoms with Crippen molar-refractivity contribution in [3.8, 4) is 0 Å². The van der Waals surface area contributed by atoms with Gasteiger partial charge in [-0.25, -0.2) is 13.1 Å². The lowest BCUT2D eigenvalue weighted by atomic mass is 9.83. The largest absolute Gasteiger partial charge is 0.385 e. The number of nitrogens with zero attached hydrogens (tertiary/aromatic N) is 1. The van der Waals surface area contributed by atoms with Gasteiger partial charge in [0.05, 0.1) is 4.92 Å². The third-order valence-corrected chi connectivity index (χ3v) is 5.09. The van der Waals surface area contributed by atoms with E-state index in [9.17, 15) is 18.5 Å². The van der Waals surface area contributed by atoms with Gasteiger partial charge in [0.2, 0.25) is 10.0 Å². The highest BCUT2D eigenvalue weighted by Gasteiger charge is 2.33. The number of sulfonamides is 1. The van der Waals surface area contributed by atoms with E-state index in [0.717, 1.165) is 12.8 Å². The van der Waals surface area contributed by atoms with E-state index >= 15 is 0 Å². The molecule has 0 radical (unpaired) electrons. The number of hydrogen-bond donors (Lipinski definition) is 2. The van der Waals surface area contributed by atoms with Crippen LogP contribution in [0.25, 0.3) is 0 Å². The van der Waals surface area contributed by atoms with Crippen molar-refractivity contribution in [2.24, 2.45) is 5.92 Å². The summed E-state index contributed by atoms with van der Waals surface area (Å²) in [6, 6.07) is 3.94. The summed E-state index contributed by atoms with van der Waals surface area (Å²) < 4.78 is 27.1. The molecule has 1 aliphatic rings. The van der Waals surface area contributed by atoms with Crippen molar-refractivity contribution in [2.45, 2.75) is 37.6 Å². The summed E-state index contributed by atoms with van der Waals surface area (Å²) in [6.45, 7) is 4.50. The fourth-order valence-corrected chi connectivity index (χ4v) is 3.90.